The number of aryl methyl sites for hydroxylation is 1. The Balaban J connectivity index is 2.01. The number of methoxy groups -OCH3 is 1. The highest BCUT2D eigenvalue weighted by Gasteiger charge is 2.07. The molecular formula is C16H23N3O2. The van der Waals surface area contributed by atoms with Crippen LogP contribution in [0.3, 0.4) is 0 Å². The number of aromatic nitrogens is 2. The van der Waals surface area contributed by atoms with Gasteiger partial charge in [-0.1, -0.05) is 6.07 Å². The highest BCUT2D eigenvalue weighted by Crippen LogP contribution is 2.28. The van der Waals surface area contributed by atoms with E-state index in [-0.39, 0.29) is 6.04 Å². The summed E-state index contributed by atoms with van der Waals surface area (Å²) in [6.07, 6.45) is 4.56. The fraction of sp³-hybridized carbons (Fsp3) is 0.438. The van der Waals surface area contributed by atoms with Crippen LogP contribution in [0.5, 0.6) is 11.5 Å². The zero-order valence-electron chi connectivity index (χ0n) is 12.9. The molecule has 2 rings (SSSR count). The molecule has 0 radical (unpaired) electrons. The molecule has 0 amide bonds. The Morgan fingerprint density at radius 1 is 1.33 bits per heavy atom. The molecule has 0 saturated carbocycles. The number of hydrogen-bond donors (Lipinski definition) is 1. The molecule has 0 saturated heterocycles. The zero-order chi connectivity index (χ0) is 15.2. The molecule has 2 aromatic rings. The van der Waals surface area contributed by atoms with Gasteiger partial charge in [0.15, 0.2) is 11.5 Å². The summed E-state index contributed by atoms with van der Waals surface area (Å²) in [6.45, 7) is 5.29. The summed E-state index contributed by atoms with van der Waals surface area (Å²) >= 11 is 0. The third-order valence-corrected chi connectivity index (χ3v) is 3.30. The predicted molar refractivity (Wildman–Crippen MR) is 82.8 cm³/mol. The SMILES string of the molecule is COc1ccc(CC(C)N)cc1OCCn1ccnc1C. The van der Waals surface area contributed by atoms with Gasteiger partial charge in [-0.2, -0.15) is 0 Å². The van der Waals surface area contributed by atoms with Gasteiger partial charge >= 0.3 is 0 Å². The van der Waals surface area contributed by atoms with E-state index in [1.165, 1.54) is 0 Å². The van der Waals surface area contributed by atoms with Crippen molar-refractivity contribution in [2.75, 3.05) is 13.7 Å². The highest BCUT2D eigenvalue weighted by atomic mass is 16.5. The molecule has 1 atom stereocenters. The van der Waals surface area contributed by atoms with Gasteiger partial charge in [-0.25, -0.2) is 4.98 Å². The van der Waals surface area contributed by atoms with Crippen molar-refractivity contribution in [3.05, 3.63) is 42.0 Å². The van der Waals surface area contributed by atoms with E-state index in [9.17, 15) is 0 Å². The molecule has 0 spiro atoms. The summed E-state index contributed by atoms with van der Waals surface area (Å²) in [5.74, 6) is 2.48. The van der Waals surface area contributed by atoms with Crippen molar-refractivity contribution in [1.29, 1.82) is 0 Å². The van der Waals surface area contributed by atoms with Crippen LogP contribution in [0, 0.1) is 6.92 Å². The first kappa shape index (κ1) is 15.4. The van der Waals surface area contributed by atoms with Crippen LogP contribution < -0.4 is 15.2 Å². The van der Waals surface area contributed by atoms with E-state index in [1.807, 2.05) is 38.2 Å². The Morgan fingerprint density at radius 2 is 2.14 bits per heavy atom. The lowest BCUT2D eigenvalue weighted by Crippen LogP contribution is -2.17. The molecule has 0 bridgehead atoms. The summed E-state index contributed by atoms with van der Waals surface area (Å²) in [5.41, 5.74) is 7.00. The van der Waals surface area contributed by atoms with Gasteiger partial charge in [0, 0.05) is 18.4 Å². The number of nitrogens with two attached hydrogens (primary N) is 1. The molecule has 1 aromatic heterocycles. The minimum Gasteiger partial charge on any atom is -0.493 e. The van der Waals surface area contributed by atoms with E-state index in [2.05, 4.69) is 9.55 Å². The molecule has 0 aliphatic heterocycles. The molecule has 5 nitrogen and oxygen atoms in total. The van der Waals surface area contributed by atoms with E-state index in [4.69, 9.17) is 15.2 Å². The fourth-order valence-corrected chi connectivity index (χ4v) is 2.23. The second-order valence-electron chi connectivity index (χ2n) is 5.18. The van der Waals surface area contributed by atoms with Crippen LogP contribution in [0.1, 0.15) is 18.3 Å². The molecule has 0 aliphatic rings. The van der Waals surface area contributed by atoms with Gasteiger partial charge < -0.3 is 19.8 Å². The monoisotopic (exact) mass is 289 g/mol. The van der Waals surface area contributed by atoms with Gasteiger partial charge in [-0.05, 0) is 38.0 Å². The van der Waals surface area contributed by atoms with Crippen molar-refractivity contribution in [2.45, 2.75) is 32.9 Å². The Labute approximate surface area is 125 Å². The Morgan fingerprint density at radius 3 is 2.76 bits per heavy atom. The van der Waals surface area contributed by atoms with Crippen molar-refractivity contribution in [1.82, 2.24) is 9.55 Å². The molecule has 1 heterocycles. The van der Waals surface area contributed by atoms with Crippen LogP contribution in [0.2, 0.25) is 0 Å². The van der Waals surface area contributed by atoms with E-state index in [0.29, 0.717) is 6.61 Å². The molecular weight excluding hydrogens is 266 g/mol. The average Bonchev–Trinajstić information content (AvgIpc) is 2.84. The Kier molecular flexibility index (Phi) is 5.22. The van der Waals surface area contributed by atoms with Crippen LogP contribution in [-0.2, 0) is 13.0 Å². The number of rotatable bonds is 7. The van der Waals surface area contributed by atoms with Crippen LogP contribution in [-0.4, -0.2) is 29.3 Å². The van der Waals surface area contributed by atoms with Gasteiger partial charge in [-0.15, -0.1) is 0 Å². The van der Waals surface area contributed by atoms with Gasteiger partial charge in [0.1, 0.15) is 12.4 Å². The lowest BCUT2D eigenvalue weighted by Gasteiger charge is -2.14. The smallest absolute Gasteiger partial charge is 0.161 e. The lowest BCUT2D eigenvalue weighted by atomic mass is 10.1. The van der Waals surface area contributed by atoms with Crippen molar-refractivity contribution in [2.24, 2.45) is 5.73 Å². The molecule has 2 N–H and O–H groups in total. The molecule has 0 aliphatic carbocycles. The van der Waals surface area contributed by atoms with Crippen LogP contribution in [0.25, 0.3) is 0 Å². The highest BCUT2D eigenvalue weighted by molar-refractivity contribution is 5.43. The molecule has 5 heteroatoms. The third kappa shape index (κ3) is 4.23. The molecule has 0 fully saturated rings. The van der Waals surface area contributed by atoms with E-state index in [1.54, 1.807) is 13.3 Å². The van der Waals surface area contributed by atoms with Crippen LogP contribution in [0.15, 0.2) is 30.6 Å². The van der Waals surface area contributed by atoms with E-state index in [0.717, 1.165) is 35.9 Å². The van der Waals surface area contributed by atoms with Gasteiger partial charge in [0.25, 0.3) is 0 Å². The van der Waals surface area contributed by atoms with Crippen molar-refractivity contribution >= 4 is 0 Å². The number of ether oxygens (including phenoxy) is 2. The van der Waals surface area contributed by atoms with Gasteiger partial charge in [-0.3, -0.25) is 0 Å². The zero-order valence-corrected chi connectivity index (χ0v) is 12.9. The summed E-state index contributed by atoms with van der Waals surface area (Å²) < 4.78 is 13.3. The number of hydrogen-bond acceptors (Lipinski definition) is 4. The third-order valence-electron chi connectivity index (χ3n) is 3.30. The van der Waals surface area contributed by atoms with E-state index >= 15 is 0 Å². The first-order valence-corrected chi connectivity index (χ1v) is 7.13. The van der Waals surface area contributed by atoms with Crippen molar-refractivity contribution in [3.8, 4) is 11.5 Å². The first-order chi connectivity index (χ1) is 10.1. The molecule has 114 valence electrons. The maximum atomic E-state index is 5.86. The van der Waals surface area contributed by atoms with E-state index < -0.39 is 0 Å². The number of imidazole rings is 1. The normalized spacial score (nSPS) is 12.2. The van der Waals surface area contributed by atoms with Crippen LogP contribution >= 0.6 is 0 Å². The maximum Gasteiger partial charge on any atom is 0.161 e. The van der Waals surface area contributed by atoms with Gasteiger partial charge in [0.05, 0.1) is 13.7 Å². The average molecular weight is 289 g/mol. The Bertz CT molecular complexity index is 579. The first-order valence-electron chi connectivity index (χ1n) is 7.13. The number of benzene rings is 1. The predicted octanol–water partition coefficient (Wildman–Crippen LogP) is 2.17. The largest absolute Gasteiger partial charge is 0.493 e. The summed E-state index contributed by atoms with van der Waals surface area (Å²) in [7, 11) is 1.65. The second kappa shape index (κ2) is 7.13. The summed E-state index contributed by atoms with van der Waals surface area (Å²) in [4.78, 5) is 4.19. The maximum absolute atomic E-state index is 5.86. The Hall–Kier alpha value is -2.01. The van der Waals surface area contributed by atoms with Crippen molar-refractivity contribution in [3.63, 3.8) is 0 Å². The second-order valence-corrected chi connectivity index (χ2v) is 5.18. The lowest BCUT2D eigenvalue weighted by molar-refractivity contribution is 0.278. The fourth-order valence-electron chi connectivity index (χ4n) is 2.23. The molecule has 21 heavy (non-hydrogen) atoms. The van der Waals surface area contributed by atoms with Gasteiger partial charge in [0.2, 0.25) is 0 Å². The summed E-state index contributed by atoms with van der Waals surface area (Å²) in [6, 6.07) is 6.08. The standard InChI is InChI=1S/C16H23N3O2/c1-12(17)10-14-4-5-15(20-3)16(11-14)21-9-8-19-7-6-18-13(19)2/h4-7,11-12H,8-10,17H2,1-3H3. The van der Waals surface area contributed by atoms with Crippen LogP contribution in [0.4, 0.5) is 0 Å². The molecule has 1 aromatic carbocycles. The quantitative estimate of drug-likeness (QED) is 0.848. The topological polar surface area (TPSA) is 62.3 Å². The van der Waals surface area contributed by atoms with Crippen molar-refractivity contribution < 1.29 is 9.47 Å². The molecule has 1 unspecified atom stereocenters. The minimum atomic E-state index is 0.125. The minimum absolute atomic E-state index is 0.125. The number of nitrogens with zero attached hydrogens (tertiary/aromatic N) is 2. The summed E-state index contributed by atoms with van der Waals surface area (Å²) in [5, 5.41) is 0.